The number of thioether (sulfide) groups is 2. The minimum absolute atomic E-state index is 0.163. The van der Waals surface area contributed by atoms with Gasteiger partial charge in [-0.15, -0.1) is 23.5 Å². The van der Waals surface area contributed by atoms with Crippen LogP contribution >= 0.6 is 23.5 Å². The summed E-state index contributed by atoms with van der Waals surface area (Å²) in [5.74, 6) is 1.98. The molecular formula is C20H22FNO2S2. The van der Waals surface area contributed by atoms with E-state index in [9.17, 15) is 9.18 Å². The Bertz CT molecular complexity index is 761. The Morgan fingerprint density at radius 3 is 2.50 bits per heavy atom. The molecule has 0 aliphatic carbocycles. The number of methoxy groups -OCH3 is 1. The number of benzene rings is 2. The van der Waals surface area contributed by atoms with Crippen molar-refractivity contribution >= 4 is 29.4 Å². The normalized spacial score (nSPS) is 16.1. The zero-order chi connectivity index (χ0) is 18.5. The first-order valence-electron chi connectivity index (χ1n) is 8.56. The highest BCUT2D eigenvalue weighted by Gasteiger charge is 2.18. The number of hydrogen-bond acceptors (Lipinski definition) is 4. The third kappa shape index (κ3) is 4.54. The van der Waals surface area contributed by atoms with E-state index in [1.54, 1.807) is 12.1 Å². The molecule has 1 amide bonds. The molecular weight excluding hydrogens is 369 g/mol. The molecule has 1 saturated heterocycles. The van der Waals surface area contributed by atoms with Crippen molar-refractivity contribution in [3.05, 3.63) is 65.0 Å². The Labute approximate surface area is 162 Å². The molecule has 1 aliphatic rings. The molecule has 0 bridgehead atoms. The second-order valence-electron chi connectivity index (χ2n) is 6.14. The van der Waals surface area contributed by atoms with Crippen molar-refractivity contribution in [1.29, 1.82) is 0 Å². The first-order chi connectivity index (χ1) is 12.6. The standard InChI is InChI=1S/C20H22FNO2S2/c1-13(16-8-9-18(24-2)17(21)12-16)22-19(23)14-4-6-15(7-5-14)20-25-10-3-11-26-20/h4-9,12-13,20H,3,10-11H2,1-2H3,(H,22,23). The van der Waals surface area contributed by atoms with Gasteiger partial charge in [0, 0.05) is 5.56 Å². The van der Waals surface area contributed by atoms with Gasteiger partial charge in [0.1, 0.15) is 0 Å². The molecule has 3 nitrogen and oxygen atoms in total. The van der Waals surface area contributed by atoms with Gasteiger partial charge in [-0.25, -0.2) is 4.39 Å². The van der Waals surface area contributed by atoms with Crippen molar-refractivity contribution in [2.24, 2.45) is 0 Å². The van der Waals surface area contributed by atoms with E-state index in [4.69, 9.17) is 4.74 Å². The maximum Gasteiger partial charge on any atom is 0.251 e. The molecule has 0 saturated carbocycles. The van der Waals surface area contributed by atoms with Crippen molar-refractivity contribution < 1.29 is 13.9 Å². The van der Waals surface area contributed by atoms with Gasteiger partial charge in [-0.1, -0.05) is 18.2 Å². The number of ether oxygens (including phenoxy) is 1. The average Bonchev–Trinajstić information content (AvgIpc) is 2.68. The number of carbonyl (C=O) groups excluding carboxylic acids is 1. The molecule has 0 spiro atoms. The van der Waals surface area contributed by atoms with Gasteiger partial charge in [-0.3, -0.25) is 4.79 Å². The van der Waals surface area contributed by atoms with Crippen LogP contribution in [-0.2, 0) is 0 Å². The number of amides is 1. The van der Waals surface area contributed by atoms with Crippen molar-refractivity contribution in [1.82, 2.24) is 5.32 Å². The zero-order valence-electron chi connectivity index (χ0n) is 14.8. The Morgan fingerprint density at radius 2 is 1.88 bits per heavy atom. The molecule has 1 heterocycles. The lowest BCUT2D eigenvalue weighted by Crippen LogP contribution is -2.26. The fourth-order valence-electron chi connectivity index (χ4n) is 2.79. The SMILES string of the molecule is COc1ccc(C(C)NC(=O)c2ccc(C3SCCCS3)cc2)cc1F. The van der Waals surface area contributed by atoms with E-state index < -0.39 is 5.82 Å². The molecule has 138 valence electrons. The molecule has 1 aliphatic heterocycles. The summed E-state index contributed by atoms with van der Waals surface area (Å²) in [6.45, 7) is 1.84. The highest BCUT2D eigenvalue weighted by Crippen LogP contribution is 2.43. The van der Waals surface area contributed by atoms with Crippen LogP contribution in [0.3, 0.4) is 0 Å². The van der Waals surface area contributed by atoms with E-state index in [-0.39, 0.29) is 17.7 Å². The van der Waals surface area contributed by atoms with Gasteiger partial charge in [-0.05, 0) is 60.2 Å². The van der Waals surface area contributed by atoms with E-state index in [2.05, 4.69) is 5.32 Å². The maximum absolute atomic E-state index is 13.9. The Kier molecular flexibility index (Phi) is 6.48. The lowest BCUT2D eigenvalue weighted by atomic mass is 10.1. The summed E-state index contributed by atoms with van der Waals surface area (Å²) in [4.78, 5) is 12.5. The van der Waals surface area contributed by atoms with E-state index >= 15 is 0 Å². The number of halogens is 1. The van der Waals surface area contributed by atoms with Crippen LogP contribution in [0.4, 0.5) is 4.39 Å². The third-order valence-electron chi connectivity index (χ3n) is 4.30. The minimum atomic E-state index is -0.432. The number of nitrogens with one attached hydrogen (secondary N) is 1. The highest BCUT2D eigenvalue weighted by atomic mass is 32.2. The van der Waals surface area contributed by atoms with Crippen molar-refractivity contribution in [3.63, 3.8) is 0 Å². The van der Waals surface area contributed by atoms with Gasteiger partial charge >= 0.3 is 0 Å². The molecule has 1 unspecified atom stereocenters. The second-order valence-corrected chi connectivity index (χ2v) is 8.86. The predicted octanol–water partition coefficient (Wildman–Crippen LogP) is 5.19. The molecule has 2 aromatic rings. The zero-order valence-corrected chi connectivity index (χ0v) is 16.5. The summed E-state index contributed by atoms with van der Waals surface area (Å²) in [5, 5.41) is 2.92. The molecule has 0 radical (unpaired) electrons. The van der Waals surface area contributed by atoms with Gasteiger partial charge in [0.05, 0.1) is 17.7 Å². The molecule has 26 heavy (non-hydrogen) atoms. The summed E-state index contributed by atoms with van der Waals surface area (Å²) in [6, 6.07) is 12.2. The summed E-state index contributed by atoms with van der Waals surface area (Å²) >= 11 is 3.92. The van der Waals surface area contributed by atoms with E-state index in [0.29, 0.717) is 15.7 Å². The van der Waals surface area contributed by atoms with Gasteiger partial charge in [-0.2, -0.15) is 0 Å². The smallest absolute Gasteiger partial charge is 0.251 e. The molecule has 1 fully saturated rings. The Balaban J connectivity index is 1.64. The quantitative estimate of drug-likeness (QED) is 0.761. The van der Waals surface area contributed by atoms with Gasteiger partial charge < -0.3 is 10.1 Å². The summed E-state index contributed by atoms with van der Waals surface area (Å²) < 4.78 is 19.2. The van der Waals surface area contributed by atoms with E-state index in [1.807, 2.05) is 54.7 Å². The number of carbonyl (C=O) groups is 1. The van der Waals surface area contributed by atoms with Crippen LogP contribution < -0.4 is 10.1 Å². The molecule has 2 aromatic carbocycles. The van der Waals surface area contributed by atoms with Crippen LogP contribution in [0, 0.1) is 5.82 Å². The average molecular weight is 392 g/mol. The fourth-order valence-corrected chi connectivity index (χ4v) is 5.68. The van der Waals surface area contributed by atoms with Gasteiger partial charge in [0.2, 0.25) is 0 Å². The van der Waals surface area contributed by atoms with Gasteiger partial charge in [0.25, 0.3) is 5.91 Å². The summed E-state index contributed by atoms with van der Waals surface area (Å²) in [5.41, 5.74) is 2.56. The topological polar surface area (TPSA) is 38.3 Å². The summed E-state index contributed by atoms with van der Waals surface area (Å²) in [7, 11) is 1.43. The lowest BCUT2D eigenvalue weighted by Gasteiger charge is -2.21. The van der Waals surface area contributed by atoms with Gasteiger partial charge in [0.15, 0.2) is 11.6 Å². The molecule has 1 N–H and O–H groups in total. The summed E-state index contributed by atoms with van der Waals surface area (Å²) in [6.07, 6.45) is 1.26. The number of hydrogen-bond donors (Lipinski definition) is 1. The van der Waals surface area contributed by atoms with E-state index in [1.165, 1.54) is 36.7 Å². The second kappa shape index (κ2) is 8.82. The lowest BCUT2D eigenvalue weighted by molar-refractivity contribution is 0.0940. The van der Waals surface area contributed by atoms with Crippen LogP contribution in [0.2, 0.25) is 0 Å². The molecule has 3 rings (SSSR count). The monoisotopic (exact) mass is 391 g/mol. The van der Waals surface area contributed by atoms with Crippen LogP contribution in [-0.4, -0.2) is 24.5 Å². The first-order valence-corrected chi connectivity index (χ1v) is 10.7. The van der Waals surface area contributed by atoms with Crippen molar-refractivity contribution in [2.75, 3.05) is 18.6 Å². The Hall–Kier alpha value is -1.66. The van der Waals surface area contributed by atoms with Crippen LogP contribution in [0.25, 0.3) is 0 Å². The molecule has 6 heteroatoms. The molecule has 0 aromatic heterocycles. The minimum Gasteiger partial charge on any atom is -0.494 e. The van der Waals surface area contributed by atoms with Crippen LogP contribution in [0.5, 0.6) is 5.75 Å². The largest absolute Gasteiger partial charge is 0.494 e. The van der Waals surface area contributed by atoms with Crippen LogP contribution in [0.15, 0.2) is 42.5 Å². The third-order valence-corrected chi connectivity index (χ3v) is 7.31. The van der Waals surface area contributed by atoms with Crippen molar-refractivity contribution in [3.8, 4) is 5.75 Å². The number of rotatable bonds is 5. The van der Waals surface area contributed by atoms with Crippen LogP contribution in [0.1, 0.15) is 45.5 Å². The maximum atomic E-state index is 13.9. The van der Waals surface area contributed by atoms with E-state index in [0.717, 1.165) is 0 Å². The fraction of sp³-hybridized carbons (Fsp3) is 0.350. The van der Waals surface area contributed by atoms with Crippen molar-refractivity contribution in [2.45, 2.75) is 24.0 Å². The predicted molar refractivity (Wildman–Crippen MR) is 108 cm³/mol. The first kappa shape index (κ1) is 19.1. The molecule has 1 atom stereocenters. The Morgan fingerprint density at radius 1 is 1.19 bits per heavy atom. The highest BCUT2D eigenvalue weighted by molar-refractivity contribution is 8.16.